The van der Waals surface area contributed by atoms with Crippen LogP contribution in [0, 0.1) is 13.8 Å². The van der Waals surface area contributed by atoms with Gasteiger partial charge in [-0.1, -0.05) is 43.3 Å². The summed E-state index contributed by atoms with van der Waals surface area (Å²) in [5.74, 6) is -0.268. The Morgan fingerprint density at radius 2 is 1.50 bits per heavy atom. The third-order valence-electron chi connectivity index (χ3n) is 6.00. The number of sulfone groups is 1. The fourth-order valence-corrected chi connectivity index (χ4v) is 5.47. The van der Waals surface area contributed by atoms with Crippen LogP contribution in [-0.4, -0.2) is 35.3 Å². The molecule has 1 N–H and O–H groups in total. The molecule has 9 heteroatoms. The standard InChI is InChI=1S/C27H32N2O5S2/c1-6-25(22-13-15-24(16-14-22)35(4,31)32)28-27(30)23-11-9-21(10-12-23)18-29(36(5,33)34)26-17-19(2)7-8-20(26)3/h7-17,25H,6,18H2,1-5H3,(H,28,30)/t25-/m1/s1. The number of carbonyl (C=O) groups excluding carboxylic acids is 1. The largest absolute Gasteiger partial charge is 0.345 e. The van der Waals surface area contributed by atoms with Gasteiger partial charge in [0.15, 0.2) is 9.84 Å². The molecule has 0 aromatic heterocycles. The van der Waals surface area contributed by atoms with Crippen molar-refractivity contribution in [2.45, 2.75) is 44.7 Å². The minimum absolute atomic E-state index is 0.148. The molecule has 36 heavy (non-hydrogen) atoms. The summed E-state index contributed by atoms with van der Waals surface area (Å²) in [5.41, 5.74) is 4.47. The Kier molecular flexibility index (Phi) is 8.26. The van der Waals surface area contributed by atoms with Gasteiger partial charge in [-0.2, -0.15) is 0 Å². The van der Waals surface area contributed by atoms with E-state index in [0.717, 1.165) is 28.5 Å². The first-order chi connectivity index (χ1) is 16.8. The fourth-order valence-electron chi connectivity index (χ4n) is 3.91. The molecule has 0 spiro atoms. The van der Waals surface area contributed by atoms with E-state index < -0.39 is 19.9 Å². The van der Waals surface area contributed by atoms with Crippen LogP contribution in [-0.2, 0) is 26.4 Å². The molecule has 1 atom stereocenters. The lowest BCUT2D eigenvalue weighted by atomic mass is 10.0. The van der Waals surface area contributed by atoms with Crippen molar-refractivity contribution in [2.75, 3.05) is 16.8 Å². The summed E-state index contributed by atoms with van der Waals surface area (Å²) in [6.07, 6.45) is 2.97. The molecule has 3 aromatic rings. The molecule has 3 aromatic carbocycles. The molecule has 0 aliphatic heterocycles. The van der Waals surface area contributed by atoms with Crippen molar-refractivity contribution in [3.63, 3.8) is 0 Å². The maximum atomic E-state index is 12.9. The second-order valence-corrected chi connectivity index (χ2v) is 13.0. The molecule has 3 rings (SSSR count). The van der Waals surface area contributed by atoms with E-state index in [0.29, 0.717) is 17.7 Å². The number of hydrogen-bond acceptors (Lipinski definition) is 5. The lowest BCUT2D eigenvalue weighted by molar-refractivity contribution is 0.0935. The second kappa shape index (κ2) is 10.8. The van der Waals surface area contributed by atoms with E-state index in [1.54, 1.807) is 36.4 Å². The molecular formula is C27H32N2O5S2. The van der Waals surface area contributed by atoms with Crippen LogP contribution < -0.4 is 9.62 Å². The summed E-state index contributed by atoms with van der Waals surface area (Å²) in [5, 5.41) is 2.99. The number of rotatable bonds is 9. The number of benzene rings is 3. The SMILES string of the molecule is CC[C@@H](NC(=O)c1ccc(CN(c2cc(C)ccc2C)S(C)(=O)=O)cc1)c1ccc(S(C)(=O)=O)cc1. The van der Waals surface area contributed by atoms with E-state index in [4.69, 9.17) is 0 Å². The van der Waals surface area contributed by atoms with E-state index in [9.17, 15) is 21.6 Å². The summed E-state index contributed by atoms with van der Waals surface area (Å²) < 4.78 is 49.9. The quantitative estimate of drug-likeness (QED) is 0.439. The predicted octanol–water partition coefficient (Wildman–Crippen LogP) is 4.55. The number of nitrogens with zero attached hydrogens (tertiary/aromatic N) is 1. The predicted molar refractivity (Wildman–Crippen MR) is 143 cm³/mol. The van der Waals surface area contributed by atoms with E-state index >= 15 is 0 Å². The lowest BCUT2D eigenvalue weighted by Gasteiger charge is -2.25. The molecule has 192 valence electrons. The Labute approximate surface area is 214 Å². The number of anilines is 1. The van der Waals surface area contributed by atoms with Crippen LogP contribution in [0.3, 0.4) is 0 Å². The maximum Gasteiger partial charge on any atom is 0.251 e. The number of sulfonamides is 1. The first-order valence-corrected chi connectivity index (χ1v) is 15.3. The average Bonchev–Trinajstić information content (AvgIpc) is 2.81. The van der Waals surface area contributed by atoms with Crippen LogP contribution >= 0.6 is 0 Å². The minimum Gasteiger partial charge on any atom is -0.345 e. The summed E-state index contributed by atoms with van der Waals surface area (Å²) in [4.78, 5) is 13.1. The molecule has 0 unspecified atom stereocenters. The normalized spacial score (nSPS) is 12.7. The van der Waals surface area contributed by atoms with Crippen LogP contribution in [0.15, 0.2) is 71.6 Å². The molecule has 0 aliphatic rings. The Balaban J connectivity index is 1.76. The van der Waals surface area contributed by atoms with Gasteiger partial charge in [-0.05, 0) is 72.9 Å². The van der Waals surface area contributed by atoms with Gasteiger partial charge in [0, 0.05) is 11.8 Å². The van der Waals surface area contributed by atoms with Gasteiger partial charge in [-0.25, -0.2) is 16.8 Å². The third-order valence-corrected chi connectivity index (χ3v) is 8.26. The molecule has 0 radical (unpaired) electrons. The van der Waals surface area contributed by atoms with Crippen molar-refractivity contribution in [1.82, 2.24) is 5.32 Å². The molecule has 0 bridgehead atoms. The van der Waals surface area contributed by atoms with Crippen molar-refractivity contribution < 1.29 is 21.6 Å². The van der Waals surface area contributed by atoms with Crippen LogP contribution in [0.2, 0.25) is 0 Å². The fraction of sp³-hybridized carbons (Fsp3) is 0.296. The first-order valence-electron chi connectivity index (χ1n) is 11.5. The van der Waals surface area contributed by atoms with E-state index in [2.05, 4.69) is 5.32 Å². The Bertz CT molecular complexity index is 1450. The highest BCUT2D eigenvalue weighted by molar-refractivity contribution is 7.92. The molecular weight excluding hydrogens is 496 g/mol. The average molecular weight is 529 g/mol. The number of aryl methyl sites for hydroxylation is 2. The molecule has 0 heterocycles. The van der Waals surface area contributed by atoms with Gasteiger partial charge < -0.3 is 5.32 Å². The smallest absolute Gasteiger partial charge is 0.251 e. The Morgan fingerprint density at radius 1 is 0.889 bits per heavy atom. The van der Waals surface area contributed by atoms with Crippen LogP contribution in [0.1, 0.15) is 52.0 Å². The Hall–Kier alpha value is -3.17. The summed E-state index contributed by atoms with van der Waals surface area (Å²) in [6.45, 7) is 5.88. The molecule has 1 amide bonds. The molecule has 0 saturated heterocycles. The number of amides is 1. The summed E-state index contributed by atoms with van der Waals surface area (Å²) >= 11 is 0. The number of hydrogen-bond donors (Lipinski definition) is 1. The summed E-state index contributed by atoms with van der Waals surface area (Å²) in [7, 11) is -6.82. The highest BCUT2D eigenvalue weighted by Crippen LogP contribution is 2.26. The van der Waals surface area contributed by atoms with Gasteiger partial charge in [0.2, 0.25) is 10.0 Å². The van der Waals surface area contributed by atoms with Gasteiger partial charge in [0.25, 0.3) is 5.91 Å². The van der Waals surface area contributed by atoms with Gasteiger partial charge in [-0.15, -0.1) is 0 Å². The van der Waals surface area contributed by atoms with Crippen molar-refractivity contribution in [2.24, 2.45) is 0 Å². The van der Waals surface area contributed by atoms with Crippen LogP contribution in [0.4, 0.5) is 5.69 Å². The van der Waals surface area contributed by atoms with Crippen LogP contribution in [0.5, 0.6) is 0 Å². The van der Waals surface area contributed by atoms with Crippen LogP contribution in [0.25, 0.3) is 0 Å². The summed E-state index contributed by atoms with van der Waals surface area (Å²) in [6, 6.07) is 18.8. The van der Waals surface area contributed by atoms with Crippen molar-refractivity contribution in [3.8, 4) is 0 Å². The van der Waals surface area contributed by atoms with Crippen molar-refractivity contribution in [1.29, 1.82) is 0 Å². The highest BCUT2D eigenvalue weighted by atomic mass is 32.2. The zero-order chi connectivity index (χ0) is 26.7. The monoisotopic (exact) mass is 528 g/mol. The molecule has 0 fully saturated rings. The van der Waals surface area contributed by atoms with Crippen molar-refractivity contribution >= 4 is 31.5 Å². The first kappa shape index (κ1) is 27.4. The minimum atomic E-state index is -3.53. The molecule has 0 saturated carbocycles. The van der Waals surface area contributed by atoms with E-state index in [-0.39, 0.29) is 23.4 Å². The number of nitrogens with one attached hydrogen (secondary N) is 1. The van der Waals surface area contributed by atoms with E-state index in [1.165, 1.54) is 22.7 Å². The third kappa shape index (κ3) is 6.73. The zero-order valence-corrected chi connectivity index (χ0v) is 22.8. The van der Waals surface area contributed by atoms with E-state index in [1.807, 2.05) is 39.0 Å². The highest BCUT2D eigenvalue weighted by Gasteiger charge is 2.21. The van der Waals surface area contributed by atoms with Gasteiger partial charge >= 0.3 is 0 Å². The zero-order valence-electron chi connectivity index (χ0n) is 21.1. The topological polar surface area (TPSA) is 101 Å². The second-order valence-electron chi connectivity index (χ2n) is 9.03. The lowest BCUT2D eigenvalue weighted by Crippen LogP contribution is -2.30. The molecule has 7 nitrogen and oxygen atoms in total. The van der Waals surface area contributed by atoms with Gasteiger partial charge in [0.1, 0.15) is 0 Å². The van der Waals surface area contributed by atoms with Gasteiger partial charge in [-0.3, -0.25) is 9.10 Å². The molecule has 0 aliphatic carbocycles. The van der Waals surface area contributed by atoms with Gasteiger partial charge in [0.05, 0.1) is 29.4 Å². The number of carbonyl (C=O) groups is 1. The van der Waals surface area contributed by atoms with Crippen molar-refractivity contribution in [3.05, 3.63) is 94.5 Å². The maximum absolute atomic E-state index is 12.9. The Morgan fingerprint density at radius 3 is 2.03 bits per heavy atom.